The van der Waals surface area contributed by atoms with E-state index >= 15 is 0 Å². The lowest BCUT2D eigenvalue weighted by molar-refractivity contribution is -0.121. The van der Waals surface area contributed by atoms with Gasteiger partial charge in [-0.05, 0) is 24.3 Å². The van der Waals surface area contributed by atoms with Crippen molar-refractivity contribution in [3.05, 3.63) is 48.2 Å². The number of hydrogen-bond donors (Lipinski definition) is 2. The van der Waals surface area contributed by atoms with Crippen molar-refractivity contribution >= 4 is 35.1 Å². The molecular formula is C17H18ClN5O2. The number of amides is 1. The predicted octanol–water partition coefficient (Wildman–Crippen LogP) is 2.08. The van der Waals surface area contributed by atoms with Gasteiger partial charge in [0.1, 0.15) is 5.69 Å². The molecule has 3 heterocycles. The second-order valence-corrected chi connectivity index (χ2v) is 5.67. The average Bonchev–Trinajstić information content (AvgIpc) is 2.99. The summed E-state index contributed by atoms with van der Waals surface area (Å²) < 4.78 is 0. The Morgan fingerprint density at radius 2 is 2.04 bits per heavy atom. The number of aromatic amines is 1. The van der Waals surface area contributed by atoms with E-state index in [9.17, 15) is 4.79 Å². The molecule has 1 aromatic carbocycles. The highest BCUT2D eigenvalue weighted by atomic mass is 35.5. The fraction of sp³-hybridized carbons (Fsp3) is 0.176. The number of hydrogen-bond acceptors (Lipinski definition) is 4. The van der Waals surface area contributed by atoms with Gasteiger partial charge in [0.15, 0.2) is 5.82 Å². The highest BCUT2D eigenvalue weighted by Gasteiger charge is 2.22. The molecule has 0 fully saturated rings. The summed E-state index contributed by atoms with van der Waals surface area (Å²) in [4.78, 5) is 23.6. The maximum atomic E-state index is 11.4. The molecule has 4 N–H and O–H groups in total. The first-order valence-electron chi connectivity index (χ1n) is 7.48. The molecule has 25 heavy (non-hydrogen) atoms. The molecule has 0 spiro atoms. The minimum absolute atomic E-state index is 0. The summed E-state index contributed by atoms with van der Waals surface area (Å²) >= 11 is 0. The number of pyridine rings is 1. The van der Waals surface area contributed by atoms with E-state index in [0.29, 0.717) is 6.42 Å². The van der Waals surface area contributed by atoms with Crippen LogP contribution < -0.4 is 5.43 Å². The molecule has 1 unspecified atom stereocenters. The number of H-pyrrole nitrogens is 1. The van der Waals surface area contributed by atoms with E-state index in [1.165, 1.54) is 0 Å². The van der Waals surface area contributed by atoms with Crippen LogP contribution in [0.3, 0.4) is 0 Å². The maximum absolute atomic E-state index is 11.4. The van der Waals surface area contributed by atoms with Crippen LogP contribution in [0.1, 0.15) is 18.9 Å². The Kier molecular flexibility index (Phi) is 5.51. The van der Waals surface area contributed by atoms with Gasteiger partial charge in [-0.3, -0.25) is 9.78 Å². The minimum atomic E-state index is -0.0405. The van der Waals surface area contributed by atoms with Crippen molar-refractivity contribution < 1.29 is 10.3 Å². The van der Waals surface area contributed by atoms with Crippen LogP contribution in [-0.4, -0.2) is 32.0 Å². The number of hydrazone groups is 1. The second-order valence-electron chi connectivity index (χ2n) is 5.67. The van der Waals surface area contributed by atoms with Crippen molar-refractivity contribution in [3.63, 3.8) is 0 Å². The topological polar surface area (TPSA) is 115 Å². The van der Waals surface area contributed by atoms with E-state index < -0.39 is 0 Å². The molecule has 0 bridgehead atoms. The monoisotopic (exact) mass is 359 g/mol. The molecule has 7 nitrogen and oxygen atoms in total. The molecule has 0 saturated carbocycles. The van der Waals surface area contributed by atoms with Crippen LogP contribution in [0.5, 0.6) is 0 Å². The van der Waals surface area contributed by atoms with Gasteiger partial charge in [-0.25, -0.2) is 10.4 Å². The number of imidazole rings is 1. The third-order valence-electron chi connectivity index (χ3n) is 3.94. The summed E-state index contributed by atoms with van der Waals surface area (Å²) in [5.41, 5.74) is 7.04. The Morgan fingerprint density at radius 1 is 1.20 bits per heavy atom. The number of rotatable bonds is 2. The summed E-state index contributed by atoms with van der Waals surface area (Å²) in [6, 6.07) is 11.7. The predicted molar refractivity (Wildman–Crippen MR) is 98.6 cm³/mol. The van der Waals surface area contributed by atoms with Gasteiger partial charge in [0.05, 0.1) is 16.7 Å². The Balaban J connectivity index is 0.00000113. The molecule has 3 aromatic rings. The Labute approximate surface area is 150 Å². The van der Waals surface area contributed by atoms with E-state index in [0.717, 1.165) is 33.8 Å². The van der Waals surface area contributed by atoms with Crippen LogP contribution in [0.2, 0.25) is 0 Å². The molecule has 0 radical (unpaired) electrons. The Hall–Kier alpha value is -2.77. The quantitative estimate of drug-likeness (QED) is 0.729. The highest BCUT2D eigenvalue weighted by molar-refractivity contribution is 6.07. The van der Waals surface area contributed by atoms with Crippen molar-refractivity contribution in [1.82, 2.24) is 20.4 Å². The smallest absolute Gasteiger partial charge is 0.240 e. The summed E-state index contributed by atoms with van der Waals surface area (Å²) in [6.45, 7) is 2.01. The van der Waals surface area contributed by atoms with Gasteiger partial charge < -0.3 is 10.5 Å². The molecule has 8 heteroatoms. The van der Waals surface area contributed by atoms with Gasteiger partial charge in [0.2, 0.25) is 5.91 Å². The van der Waals surface area contributed by atoms with Crippen molar-refractivity contribution in [2.45, 2.75) is 13.3 Å². The van der Waals surface area contributed by atoms with Crippen LogP contribution in [-0.2, 0) is 4.79 Å². The zero-order valence-electron chi connectivity index (χ0n) is 13.5. The number of aromatic nitrogens is 3. The molecule has 0 saturated heterocycles. The standard InChI is InChI=1S/C17H15N5O.ClH.H2O/c1-10-8-15(23)21-22-16(10)11-5-6-12-14(9-11)20-17(19-12)13-4-2-3-7-18-13;;/h2-7,9-10H,8H2,1H3,(H,19,20)(H,21,23);1H;1H2. The van der Waals surface area contributed by atoms with E-state index in [1.807, 2.05) is 43.3 Å². The van der Waals surface area contributed by atoms with Gasteiger partial charge in [-0.15, -0.1) is 12.4 Å². The average molecular weight is 360 g/mol. The SMILES string of the molecule is CC1CC(=O)NN=C1c1ccc2nc(-c3ccccn3)[nH]c2c1.Cl.O. The zero-order chi connectivity index (χ0) is 15.8. The van der Waals surface area contributed by atoms with Crippen molar-refractivity contribution in [3.8, 4) is 11.5 Å². The van der Waals surface area contributed by atoms with Crippen molar-refractivity contribution in [1.29, 1.82) is 0 Å². The normalized spacial score (nSPS) is 16.4. The number of benzene rings is 1. The van der Waals surface area contributed by atoms with Crippen molar-refractivity contribution in [2.75, 3.05) is 0 Å². The molecule has 2 aromatic heterocycles. The molecule has 130 valence electrons. The van der Waals surface area contributed by atoms with E-state index in [-0.39, 0.29) is 29.7 Å². The molecule has 1 aliphatic rings. The number of nitrogens with one attached hydrogen (secondary N) is 2. The largest absolute Gasteiger partial charge is 0.412 e. The van der Waals surface area contributed by atoms with Gasteiger partial charge in [0, 0.05) is 24.1 Å². The molecule has 4 rings (SSSR count). The van der Waals surface area contributed by atoms with E-state index in [1.54, 1.807) is 6.20 Å². The zero-order valence-corrected chi connectivity index (χ0v) is 14.3. The minimum Gasteiger partial charge on any atom is -0.412 e. The molecule has 1 aliphatic heterocycles. The number of fused-ring (bicyclic) bond motifs is 1. The fourth-order valence-corrected chi connectivity index (χ4v) is 2.80. The Morgan fingerprint density at radius 3 is 2.76 bits per heavy atom. The van der Waals surface area contributed by atoms with E-state index in [4.69, 9.17) is 0 Å². The van der Waals surface area contributed by atoms with Gasteiger partial charge in [-0.1, -0.05) is 19.1 Å². The first kappa shape index (κ1) is 18.6. The molecule has 1 amide bonds. The summed E-state index contributed by atoms with van der Waals surface area (Å²) in [7, 11) is 0. The molecule has 0 aliphatic carbocycles. The third kappa shape index (κ3) is 3.52. The lowest BCUT2D eigenvalue weighted by Gasteiger charge is -2.18. The lowest BCUT2D eigenvalue weighted by atomic mass is 9.94. The molecule has 1 atom stereocenters. The fourth-order valence-electron chi connectivity index (χ4n) is 2.80. The number of carbonyl (C=O) groups is 1. The number of halogens is 1. The third-order valence-corrected chi connectivity index (χ3v) is 3.94. The van der Waals surface area contributed by atoms with Crippen LogP contribution in [0.15, 0.2) is 47.7 Å². The number of nitrogens with zero attached hydrogens (tertiary/aromatic N) is 3. The first-order chi connectivity index (χ1) is 11.2. The van der Waals surface area contributed by atoms with Gasteiger partial charge in [0.25, 0.3) is 0 Å². The van der Waals surface area contributed by atoms with E-state index in [2.05, 4.69) is 25.5 Å². The first-order valence-corrected chi connectivity index (χ1v) is 7.48. The van der Waals surface area contributed by atoms with Crippen LogP contribution >= 0.6 is 12.4 Å². The van der Waals surface area contributed by atoms with Gasteiger partial charge >= 0.3 is 0 Å². The highest BCUT2D eigenvalue weighted by Crippen LogP contribution is 2.22. The van der Waals surface area contributed by atoms with Crippen LogP contribution in [0.4, 0.5) is 0 Å². The van der Waals surface area contributed by atoms with Crippen LogP contribution in [0, 0.1) is 5.92 Å². The second kappa shape index (κ2) is 7.42. The lowest BCUT2D eigenvalue weighted by Crippen LogP contribution is -2.31. The summed E-state index contributed by atoms with van der Waals surface area (Å²) in [5.74, 6) is 0.797. The van der Waals surface area contributed by atoms with Crippen LogP contribution in [0.25, 0.3) is 22.6 Å². The van der Waals surface area contributed by atoms with Crippen molar-refractivity contribution in [2.24, 2.45) is 11.0 Å². The summed E-state index contributed by atoms with van der Waals surface area (Å²) in [6.07, 6.45) is 2.20. The van der Waals surface area contributed by atoms with Gasteiger partial charge in [-0.2, -0.15) is 5.10 Å². The maximum Gasteiger partial charge on any atom is 0.240 e. The Bertz CT molecular complexity index is 923. The number of carbonyl (C=O) groups excluding carboxylic acids is 1. The summed E-state index contributed by atoms with van der Waals surface area (Å²) in [5, 5.41) is 4.20. The molecular weight excluding hydrogens is 342 g/mol.